The number of carbonyl (C=O) groups is 3. The van der Waals surface area contributed by atoms with Crippen LogP contribution in [-0.2, 0) is 30.3 Å². The Hall–Kier alpha value is -2.81. The van der Waals surface area contributed by atoms with E-state index in [0.29, 0.717) is 0 Å². The topological polar surface area (TPSA) is 81.7 Å². The molecule has 1 atom stereocenters. The van der Waals surface area contributed by atoms with Crippen molar-refractivity contribution in [3.8, 4) is 11.8 Å². The van der Waals surface area contributed by atoms with Crippen LogP contribution in [0.15, 0.2) is 30.3 Å². The van der Waals surface area contributed by atoms with Gasteiger partial charge in [0.2, 0.25) is 0 Å². The van der Waals surface area contributed by atoms with Crippen LogP contribution in [0.1, 0.15) is 5.56 Å². The third-order valence-electron chi connectivity index (χ3n) is 2.54. The lowest BCUT2D eigenvalue weighted by atomic mass is 10.1. The maximum atomic E-state index is 11.7. The molecule has 0 bridgehead atoms. The zero-order valence-corrected chi connectivity index (χ0v) is 11.7. The standard InChI is InChI=1S/C15H15NO5/c1-20-14(18)9-8-13(17)16-12(15(19)21-2)10-11-6-4-3-5-7-11/h3-7,12H,10H2,1-2H3,(H,16,17)/t12-/m0/s1. The van der Waals surface area contributed by atoms with E-state index < -0.39 is 23.9 Å². The maximum Gasteiger partial charge on any atom is 0.384 e. The summed E-state index contributed by atoms with van der Waals surface area (Å²) in [5, 5.41) is 2.40. The van der Waals surface area contributed by atoms with E-state index in [0.717, 1.165) is 12.7 Å². The summed E-state index contributed by atoms with van der Waals surface area (Å²) in [6.45, 7) is 0. The van der Waals surface area contributed by atoms with E-state index in [1.165, 1.54) is 7.11 Å². The van der Waals surface area contributed by atoms with Crippen LogP contribution in [0.3, 0.4) is 0 Å². The van der Waals surface area contributed by atoms with E-state index >= 15 is 0 Å². The monoisotopic (exact) mass is 289 g/mol. The van der Waals surface area contributed by atoms with Crippen LogP contribution < -0.4 is 5.32 Å². The molecule has 0 aliphatic rings. The average molecular weight is 289 g/mol. The summed E-state index contributed by atoms with van der Waals surface area (Å²) in [5.74, 6) is 1.85. The minimum Gasteiger partial charge on any atom is -0.467 e. The molecule has 0 spiro atoms. The molecule has 0 aliphatic heterocycles. The van der Waals surface area contributed by atoms with Gasteiger partial charge < -0.3 is 14.8 Å². The minimum atomic E-state index is -0.878. The highest BCUT2D eigenvalue weighted by atomic mass is 16.5. The number of esters is 2. The zero-order valence-electron chi connectivity index (χ0n) is 11.7. The second-order valence-corrected chi connectivity index (χ2v) is 3.98. The number of ether oxygens (including phenoxy) is 2. The number of amides is 1. The van der Waals surface area contributed by atoms with Gasteiger partial charge in [-0.15, -0.1) is 0 Å². The van der Waals surface area contributed by atoms with Gasteiger partial charge in [-0.3, -0.25) is 4.79 Å². The predicted molar refractivity (Wildman–Crippen MR) is 73.9 cm³/mol. The molecule has 0 heterocycles. The molecular weight excluding hydrogens is 274 g/mol. The molecule has 1 N–H and O–H groups in total. The Bertz CT molecular complexity index is 571. The van der Waals surface area contributed by atoms with Gasteiger partial charge in [0.1, 0.15) is 6.04 Å². The fourth-order valence-electron chi connectivity index (χ4n) is 1.54. The first-order chi connectivity index (χ1) is 10.1. The Labute approximate surface area is 122 Å². The Morgan fingerprint density at radius 3 is 2.33 bits per heavy atom. The average Bonchev–Trinajstić information content (AvgIpc) is 2.52. The summed E-state index contributed by atoms with van der Waals surface area (Å²) < 4.78 is 8.92. The van der Waals surface area contributed by atoms with E-state index in [-0.39, 0.29) is 6.42 Å². The van der Waals surface area contributed by atoms with Crippen LogP contribution in [0, 0.1) is 11.8 Å². The molecule has 0 aromatic heterocycles. The lowest BCUT2D eigenvalue weighted by Gasteiger charge is -2.14. The Balaban J connectivity index is 2.74. The van der Waals surface area contributed by atoms with E-state index in [4.69, 9.17) is 0 Å². The van der Waals surface area contributed by atoms with Crippen molar-refractivity contribution in [2.45, 2.75) is 12.5 Å². The summed E-state index contributed by atoms with van der Waals surface area (Å²) >= 11 is 0. The first-order valence-electron chi connectivity index (χ1n) is 6.09. The number of nitrogens with one attached hydrogen (secondary N) is 1. The quantitative estimate of drug-likeness (QED) is 0.481. The van der Waals surface area contributed by atoms with Crippen molar-refractivity contribution < 1.29 is 23.9 Å². The first kappa shape index (κ1) is 16.2. The highest BCUT2D eigenvalue weighted by Gasteiger charge is 2.21. The molecule has 1 aromatic rings. The molecule has 0 aliphatic carbocycles. The van der Waals surface area contributed by atoms with Crippen molar-refractivity contribution in [2.24, 2.45) is 0 Å². The summed E-state index contributed by atoms with van der Waals surface area (Å²) in [6, 6.07) is 8.25. The van der Waals surface area contributed by atoms with Gasteiger partial charge in [-0.1, -0.05) is 30.3 Å². The van der Waals surface area contributed by atoms with Gasteiger partial charge in [-0.2, -0.15) is 0 Å². The molecular formula is C15H15NO5. The second-order valence-electron chi connectivity index (χ2n) is 3.98. The number of rotatable bonds is 4. The second kappa shape index (κ2) is 8.38. The molecule has 21 heavy (non-hydrogen) atoms. The fraction of sp³-hybridized carbons (Fsp3) is 0.267. The molecule has 0 unspecified atom stereocenters. The van der Waals surface area contributed by atoms with Crippen LogP contribution in [0.25, 0.3) is 0 Å². The van der Waals surface area contributed by atoms with Crippen LogP contribution in [0.4, 0.5) is 0 Å². The lowest BCUT2D eigenvalue weighted by molar-refractivity contribution is -0.144. The fourth-order valence-corrected chi connectivity index (χ4v) is 1.54. The highest BCUT2D eigenvalue weighted by Crippen LogP contribution is 2.04. The van der Waals surface area contributed by atoms with Crippen LogP contribution in [0.5, 0.6) is 0 Å². The first-order valence-corrected chi connectivity index (χ1v) is 6.09. The smallest absolute Gasteiger partial charge is 0.384 e. The van der Waals surface area contributed by atoms with E-state index in [9.17, 15) is 14.4 Å². The van der Waals surface area contributed by atoms with Gasteiger partial charge in [0.15, 0.2) is 0 Å². The van der Waals surface area contributed by atoms with Gasteiger partial charge in [0.25, 0.3) is 5.91 Å². The van der Waals surface area contributed by atoms with Gasteiger partial charge >= 0.3 is 11.9 Å². The van der Waals surface area contributed by atoms with E-state index in [2.05, 4.69) is 14.8 Å². The molecule has 0 saturated carbocycles. The summed E-state index contributed by atoms with van der Waals surface area (Å²) in [6.07, 6.45) is 0.263. The molecule has 1 aromatic carbocycles. The van der Waals surface area contributed by atoms with Gasteiger partial charge in [0, 0.05) is 18.3 Å². The van der Waals surface area contributed by atoms with Crippen molar-refractivity contribution in [3.63, 3.8) is 0 Å². The Morgan fingerprint density at radius 1 is 1.10 bits per heavy atom. The predicted octanol–water partition coefficient (Wildman–Crippen LogP) is 0.0633. The number of hydrogen-bond acceptors (Lipinski definition) is 5. The van der Waals surface area contributed by atoms with Gasteiger partial charge in [-0.25, -0.2) is 9.59 Å². The van der Waals surface area contributed by atoms with Crippen LogP contribution in [0.2, 0.25) is 0 Å². The Morgan fingerprint density at radius 2 is 1.76 bits per heavy atom. The van der Waals surface area contributed by atoms with Crippen molar-refractivity contribution >= 4 is 17.8 Å². The lowest BCUT2D eigenvalue weighted by Crippen LogP contribution is -2.42. The zero-order chi connectivity index (χ0) is 15.7. The van der Waals surface area contributed by atoms with E-state index in [1.54, 1.807) is 0 Å². The summed E-state index contributed by atoms with van der Waals surface area (Å²) in [7, 11) is 2.38. The van der Waals surface area contributed by atoms with Gasteiger partial charge in [-0.05, 0) is 5.56 Å². The minimum absolute atomic E-state index is 0.263. The molecule has 6 heteroatoms. The van der Waals surface area contributed by atoms with Gasteiger partial charge in [0.05, 0.1) is 14.2 Å². The molecule has 1 rings (SSSR count). The molecule has 6 nitrogen and oxygen atoms in total. The van der Waals surface area contributed by atoms with Crippen LogP contribution >= 0.6 is 0 Å². The highest BCUT2D eigenvalue weighted by molar-refractivity contribution is 6.02. The molecule has 110 valence electrons. The number of methoxy groups -OCH3 is 2. The van der Waals surface area contributed by atoms with Crippen molar-refractivity contribution in [3.05, 3.63) is 35.9 Å². The summed E-state index contributed by atoms with van der Waals surface area (Å²) in [4.78, 5) is 34.1. The number of hydrogen-bond donors (Lipinski definition) is 1. The SMILES string of the molecule is COC(=O)C#CC(=O)N[C@@H](Cc1ccccc1)C(=O)OC. The number of benzene rings is 1. The molecule has 0 fully saturated rings. The van der Waals surface area contributed by atoms with Crippen LogP contribution in [-0.4, -0.2) is 38.1 Å². The third kappa shape index (κ3) is 5.78. The molecule has 0 saturated heterocycles. The molecule has 1 amide bonds. The van der Waals surface area contributed by atoms with E-state index in [1.807, 2.05) is 42.2 Å². The summed E-state index contributed by atoms with van der Waals surface area (Å²) in [5.41, 5.74) is 0.856. The molecule has 0 radical (unpaired) electrons. The Kier molecular flexibility index (Phi) is 6.48. The largest absolute Gasteiger partial charge is 0.467 e. The van der Waals surface area contributed by atoms with Crippen molar-refractivity contribution in [1.29, 1.82) is 0 Å². The number of carbonyl (C=O) groups excluding carboxylic acids is 3. The van der Waals surface area contributed by atoms with Crippen molar-refractivity contribution in [2.75, 3.05) is 14.2 Å². The normalized spacial score (nSPS) is 10.6. The maximum absolute atomic E-state index is 11.7. The van der Waals surface area contributed by atoms with Crippen molar-refractivity contribution in [1.82, 2.24) is 5.32 Å². The third-order valence-corrected chi connectivity index (χ3v) is 2.54.